The molecule has 2 rings (SSSR count). The third-order valence-corrected chi connectivity index (χ3v) is 4.31. The molecule has 1 aromatic heterocycles. The number of urea groups is 1. The number of H-pyrrole nitrogens is 1. The third-order valence-electron chi connectivity index (χ3n) is 4.31. The van der Waals surface area contributed by atoms with Gasteiger partial charge in [-0.15, -0.1) is 0 Å². The number of amides is 2. The molecule has 0 aliphatic carbocycles. The lowest BCUT2D eigenvalue weighted by molar-refractivity contribution is 0.145. The fourth-order valence-electron chi connectivity index (χ4n) is 2.84. The van der Waals surface area contributed by atoms with Crippen molar-refractivity contribution in [3.05, 3.63) is 57.3 Å². The van der Waals surface area contributed by atoms with Gasteiger partial charge in [-0.2, -0.15) is 0 Å². The zero-order chi connectivity index (χ0) is 20.5. The van der Waals surface area contributed by atoms with E-state index in [1.54, 1.807) is 26.0 Å². The number of nitrogens with zero attached hydrogens (tertiary/aromatic N) is 2. The molecule has 0 spiro atoms. The molecular weight excluding hydrogens is 360 g/mol. The molecule has 0 aliphatic rings. The number of carbonyl (C=O) groups is 1. The predicted molar refractivity (Wildman–Crippen MR) is 107 cm³/mol. The largest absolute Gasteiger partial charge is 0.497 e. The zero-order valence-corrected chi connectivity index (χ0v) is 16.9. The minimum Gasteiger partial charge on any atom is -0.497 e. The van der Waals surface area contributed by atoms with E-state index in [0.29, 0.717) is 43.2 Å². The van der Waals surface area contributed by atoms with Gasteiger partial charge in [0.2, 0.25) is 0 Å². The van der Waals surface area contributed by atoms with E-state index in [1.165, 1.54) is 0 Å². The van der Waals surface area contributed by atoms with E-state index in [-0.39, 0.29) is 18.1 Å². The van der Waals surface area contributed by atoms with Gasteiger partial charge in [0.25, 0.3) is 5.56 Å². The highest BCUT2D eigenvalue weighted by molar-refractivity contribution is 5.74. The highest BCUT2D eigenvalue weighted by atomic mass is 16.5. The van der Waals surface area contributed by atoms with Crippen LogP contribution < -0.4 is 15.6 Å². The first-order valence-electron chi connectivity index (χ1n) is 9.21. The second-order valence-corrected chi connectivity index (χ2v) is 6.35. The van der Waals surface area contributed by atoms with Crippen LogP contribution in [0, 0.1) is 6.92 Å². The summed E-state index contributed by atoms with van der Waals surface area (Å²) in [6.45, 7) is 5.17. The van der Waals surface area contributed by atoms with Crippen LogP contribution in [0.15, 0.2) is 29.1 Å². The first-order chi connectivity index (χ1) is 13.5. The molecule has 2 N–H and O–H groups in total. The van der Waals surface area contributed by atoms with E-state index in [4.69, 9.17) is 9.47 Å². The Kier molecular flexibility index (Phi) is 8.01. The minimum absolute atomic E-state index is 0.199. The lowest BCUT2D eigenvalue weighted by Crippen LogP contribution is -2.41. The van der Waals surface area contributed by atoms with Crippen molar-refractivity contribution < 1.29 is 14.3 Å². The van der Waals surface area contributed by atoms with E-state index in [1.807, 2.05) is 31.2 Å². The number of ether oxygens (including phenoxy) is 2. The lowest BCUT2D eigenvalue weighted by atomic mass is 10.0. The lowest BCUT2D eigenvalue weighted by Gasteiger charge is -2.22. The standard InChI is InChI=1S/C20H28N4O4/c1-5-21-20(26)24(9-10-27-3)13-18-22-14(2)17(19(25)23-18)12-15-7-6-8-16(11-15)28-4/h6-8,11H,5,9-10,12-13H2,1-4H3,(H,21,26)(H,22,23,25). The van der Waals surface area contributed by atoms with Crippen LogP contribution in [0.4, 0.5) is 4.79 Å². The Morgan fingerprint density at radius 2 is 2.11 bits per heavy atom. The smallest absolute Gasteiger partial charge is 0.317 e. The molecule has 0 aliphatic heterocycles. The molecule has 1 aromatic carbocycles. The number of methoxy groups -OCH3 is 2. The van der Waals surface area contributed by atoms with Gasteiger partial charge >= 0.3 is 6.03 Å². The van der Waals surface area contributed by atoms with Crippen LogP contribution in [0.5, 0.6) is 5.75 Å². The quantitative estimate of drug-likeness (QED) is 0.683. The van der Waals surface area contributed by atoms with E-state index in [9.17, 15) is 9.59 Å². The molecule has 2 aromatic rings. The third kappa shape index (κ3) is 5.82. The van der Waals surface area contributed by atoms with Gasteiger partial charge in [-0.25, -0.2) is 9.78 Å². The summed E-state index contributed by atoms with van der Waals surface area (Å²) in [5, 5.41) is 2.76. The molecule has 0 saturated carbocycles. The van der Waals surface area contributed by atoms with Gasteiger partial charge in [0.1, 0.15) is 11.6 Å². The second kappa shape index (κ2) is 10.5. The van der Waals surface area contributed by atoms with Crippen LogP contribution in [0.2, 0.25) is 0 Å². The highest BCUT2D eigenvalue weighted by Crippen LogP contribution is 2.16. The number of carbonyl (C=O) groups excluding carboxylic acids is 1. The Morgan fingerprint density at radius 3 is 2.75 bits per heavy atom. The first-order valence-corrected chi connectivity index (χ1v) is 9.21. The van der Waals surface area contributed by atoms with E-state index < -0.39 is 0 Å². The van der Waals surface area contributed by atoms with Crippen molar-refractivity contribution in [3.63, 3.8) is 0 Å². The maximum atomic E-state index is 12.6. The topological polar surface area (TPSA) is 96.6 Å². The molecule has 28 heavy (non-hydrogen) atoms. The number of benzene rings is 1. The van der Waals surface area contributed by atoms with E-state index in [0.717, 1.165) is 11.3 Å². The Morgan fingerprint density at radius 1 is 1.32 bits per heavy atom. The molecule has 0 fully saturated rings. The monoisotopic (exact) mass is 388 g/mol. The van der Waals surface area contributed by atoms with Gasteiger partial charge in [0.15, 0.2) is 0 Å². The second-order valence-electron chi connectivity index (χ2n) is 6.35. The van der Waals surface area contributed by atoms with Gasteiger partial charge in [0, 0.05) is 37.9 Å². The van der Waals surface area contributed by atoms with Crippen LogP contribution in [0.1, 0.15) is 29.6 Å². The van der Waals surface area contributed by atoms with Crippen LogP contribution in [-0.2, 0) is 17.7 Å². The van der Waals surface area contributed by atoms with Crippen molar-refractivity contribution in [1.82, 2.24) is 20.2 Å². The summed E-state index contributed by atoms with van der Waals surface area (Å²) >= 11 is 0. The number of aryl methyl sites for hydroxylation is 1. The Balaban J connectivity index is 2.21. The summed E-state index contributed by atoms with van der Waals surface area (Å²) in [5.41, 5.74) is 2.00. The van der Waals surface area contributed by atoms with Gasteiger partial charge in [0.05, 0.1) is 20.3 Å². The summed E-state index contributed by atoms with van der Waals surface area (Å²) in [7, 11) is 3.19. The summed E-state index contributed by atoms with van der Waals surface area (Å²) < 4.78 is 10.3. The number of aromatic nitrogens is 2. The van der Waals surface area contributed by atoms with Crippen molar-refractivity contribution in [1.29, 1.82) is 0 Å². The van der Waals surface area contributed by atoms with Crippen molar-refractivity contribution in [2.45, 2.75) is 26.8 Å². The Hall–Kier alpha value is -2.87. The van der Waals surface area contributed by atoms with Crippen molar-refractivity contribution >= 4 is 6.03 Å². The van der Waals surface area contributed by atoms with E-state index in [2.05, 4.69) is 15.3 Å². The Bertz CT molecular complexity index is 850. The zero-order valence-electron chi connectivity index (χ0n) is 16.9. The van der Waals surface area contributed by atoms with Crippen molar-refractivity contribution in [2.24, 2.45) is 0 Å². The number of rotatable bonds is 9. The maximum Gasteiger partial charge on any atom is 0.317 e. The summed E-state index contributed by atoms with van der Waals surface area (Å²) in [4.78, 5) is 33.7. The van der Waals surface area contributed by atoms with Gasteiger partial charge in [-0.1, -0.05) is 12.1 Å². The summed E-state index contributed by atoms with van der Waals surface area (Å²) in [6, 6.07) is 7.36. The number of aromatic amines is 1. The molecular formula is C20H28N4O4. The van der Waals surface area contributed by atoms with Crippen molar-refractivity contribution in [2.75, 3.05) is 33.9 Å². The van der Waals surface area contributed by atoms with Gasteiger partial charge in [-0.3, -0.25) is 4.79 Å². The van der Waals surface area contributed by atoms with Gasteiger partial charge < -0.3 is 24.7 Å². The molecule has 152 valence electrons. The number of hydrogen-bond acceptors (Lipinski definition) is 5. The SMILES string of the molecule is CCNC(=O)N(CCOC)Cc1nc(C)c(Cc2cccc(OC)c2)c(=O)[nH]1. The normalized spacial score (nSPS) is 10.6. The molecule has 2 amide bonds. The number of nitrogens with one attached hydrogen (secondary N) is 2. The summed E-state index contributed by atoms with van der Waals surface area (Å²) in [5.74, 6) is 1.19. The Labute approximate surface area is 164 Å². The molecule has 0 atom stereocenters. The molecule has 0 saturated heterocycles. The maximum absolute atomic E-state index is 12.6. The van der Waals surface area contributed by atoms with Gasteiger partial charge in [-0.05, 0) is 31.5 Å². The molecule has 8 heteroatoms. The first kappa shape index (κ1) is 21.4. The average molecular weight is 388 g/mol. The fourth-order valence-corrected chi connectivity index (χ4v) is 2.84. The molecule has 1 heterocycles. The summed E-state index contributed by atoms with van der Waals surface area (Å²) in [6.07, 6.45) is 0.454. The van der Waals surface area contributed by atoms with E-state index >= 15 is 0 Å². The minimum atomic E-state index is -0.222. The van der Waals surface area contributed by atoms with Crippen LogP contribution >= 0.6 is 0 Å². The van der Waals surface area contributed by atoms with Crippen LogP contribution in [-0.4, -0.2) is 54.8 Å². The molecule has 0 unspecified atom stereocenters. The highest BCUT2D eigenvalue weighted by Gasteiger charge is 2.16. The predicted octanol–water partition coefficient (Wildman–Crippen LogP) is 1.86. The molecule has 0 bridgehead atoms. The fraction of sp³-hybridized carbons (Fsp3) is 0.450. The average Bonchev–Trinajstić information content (AvgIpc) is 2.68. The van der Waals surface area contributed by atoms with Crippen LogP contribution in [0.25, 0.3) is 0 Å². The van der Waals surface area contributed by atoms with Crippen molar-refractivity contribution in [3.8, 4) is 5.75 Å². The molecule has 0 radical (unpaired) electrons. The molecule has 8 nitrogen and oxygen atoms in total. The number of hydrogen-bond donors (Lipinski definition) is 2. The van der Waals surface area contributed by atoms with Crippen LogP contribution in [0.3, 0.4) is 0 Å².